The minimum atomic E-state index is -4.38. The van der Waals surface area contributed by atoms with Crippen LogP contribution < -0.4 is 5.32 Å². The first-order valence-electron chi connectivity index (χ1n) is 7.00. The van der Waals surface area contributed by atoms with Crippen molar-refractivity contribution < 1.29 is 17.9 Å². The van der Waals surface area contributed by atoms with E-state index < -0.39 is 11.9 Å². The lowest BCUT2D eigenvalue weighted by Gasteiger charge is -2.14. The Morgan fingerprint density at radius 2 is 2.00 bits per heavy atom. The number of alkyl halides is 3. The largest absolute Gasteiger partial charge is 0.435 e. The van der Waals surface area contributed by atoms with Crippen LogP contribution in [0.4, 0.5) is 13.2 Å². The molecule has 2 aliphatic rings. The second-order valence-corrected chi connectivity index (χ2v) is 5.56. The maximum absolute atomic E-state index is 12.4. The quantitative estimate of drug-likeness (QED) is 0.903. The molecule has 112 valence electrons. The standard InChI is InChI=1S/C13H18F3N3O/c14-13(15,16)12-5-6-19(18-12)8-11-4-3-10(20-11)7-17-9-1-2-9/h5-6,9-11,17H,1-4,7-8H2. The highest BCUT2D eigenvalue weighted by Gasteiger charge is 2.34. The fraction of sp³-hybridized carbons (Fsp3) is 0.769. The Balaban J connectivity index is 1.47. The van der Waals surface area contributed by atoms with Crippen LogP contribution in [-0.2, 0) is 17.5 Å². The van der Waals surface area contributed by atoms with Crippen molar-refractivity contribution in [1.82, 2.24) is 15.1 Å². The first-order chi connectivity index (χ1) is 9.50. The Kier molecular flexibility index (Phi) is 3.72. The van der Waals surface area contributed by atoms with Gasteiger partial charge in [-0.25, -0.2) is 0 Å². The van der Waals surface area contributed by atoms with Gasteiger partial charge in [-0.05, 0) is 31.7 Å². The van der Waals surface area contributed by atoms with E-state index in [1.165, 1.54) is 23.7 Å². The Morgan fingerprint density at radius 1 is 1.25 bits per heavy atom. The molecule has 0 spiro atoms. The third kappa shape index (κ3) is 3.52. The molecule has 1 aromatic rings. The summed E-state index contributed by atoms with van der Waals surface area (Å²) in [6.07, 6.45) is 1.43. The first-order valence-corrected chi connectivity index (χ1v) is 7.00. The summed E-state index contributed by atoms with van der Waals surface area (Å²) in [4.78, 5) is 0. The van der Waals surface area contributed by atoms with E-state index >= 15 is 0 Å². The van der Waals surface area contributed by atoms with Crippen molar-refractivity contribution in [3.63, 3.8) is 0 Å². The fourth-order valence-corrected chi connectivity index (χ4v) is 2.47. The van der Waals surface area contributed by atoms with E-state index in [2.05, 4.69) is 10.4 Å². The maximum atomic E-state index is 12.4. The van der Waals surface area contributed by atoms with Gasteiger partial charge in [-0.1, -0.05) is 0 Å². The summed E-state index contributed by atoms with van der Waals surface area (Å²) >= 11 is 0. The van der Waals surface area contributed by atoms with Crippen molar-refractivity contribution in [2.75, 3.05) is 6.54 Å². The molecular weight excluding hydrogens is 271 g/mol. The highest BCUT2D eigenvalue weighted by Crippen LogP contribution is 2.28. The van der Waals surface area contributed by atoms with Gasteiger partial charge in [0.2, 0.25) is 0 Å². The summed E-state index contributed by atoms with van der Waals surface area (Å²) in [6, 6.07) is 1.65. The summed E-state index contributed by atoms with van der Waals surface area (Å²) in [5.74, 6) is 0. The van der Waals surface area contributed by atoms with Gasteiger partial charge in [-0.3, -0.25) is 4.68 Å². The van der Waals surface area contributed by atoms with Crippen LogP contribution in [0.3, 0.4) is 0 Å². The first kappa shape index (κ1) is 13.9. The average Bonchev–Trinajstić information content (AvgIpc) is 2.89. The van der Waals surface area contributed by atoms with E-state index in [0.717, 1.165) is 25.5 Å². The number of halogens is 3. The minimum absolute atomic E-state index is 0.0398. The monoisotopic (exact) mass is 289 g/mol. The van der Waals surface area contributed by atoms with E-state index in [4.69, 9.17) is 4.74 Å². The maximum Gasteiger partial charge on any atom is 0.435 e. The van der Waals surface area contributed by atoms with Crippen LogP contribution in [0.15, 0.2) is 12.3 Å². The number of nitrogens with zero attached hydrogens (tertiary/aromatic N) is 2. The molecule has 4 nitrogen and oxygen atoms in total. The van der Waals surface area contributed by atoms with Gasteiger partial charge < -0.3 is 10.1 Å². The predicted octanol–water partition coefficient (Wildman–Crippen LogP) is 2.20. The van der Waals surface area contributed by atoms with Crippen LogP contribution in [0.2, 0.25) is 0 Å². The molecular formula is C13H18F3N3O. The molecule has 0 radical (unpaired) electrons. The van der Waals surface area contributed by atoms with Crippen molar-refractivity contribution in [2.45, 2.75) is 56.7 Å². The summed E-state index contributed by atoms with van der Waals surface area (Å²) in [5, 5.41) is 6.96. The lowest BCUT2D eigenvalue weighted by Crippen LogP contribution is -2.29. The zero-order valence-electron chi connectivity index (χ0n) is 11.1. The molecule has 20 heavy (non-hydrogen) atoms. The Bertz CT molecular complexity index is 456. The SMILES string of the molecule is FC(F)(F)c1ccn(CC2CCC(CNC3CC3)O2)n1. The molecule has 2 atom stereocenters. The summed E-state index contributed by atoms with van der Waals surface area (Å²) in [5.41, 5.74) is -0.845. The van der Waals surface area contributed by atoms with Crippen LogP contribution in [0.1, 0.15) is 31.4 Å². The van der Waals surface area contributed by atoms with Crippen LogP contribution in [0, 0.1) is 0 Å². The third-order valence-electron chi connectivity index (χ3n) is 3.73. The smallest absolute Gasteiger partial charge is 0.372 e. The van der Waals surface area contributed by atoms with Crippen LogP contribution in [0.25, 0.3) is 0 Å². The van der Waals surface area contributed by atoms with E-state index in [9.17, 15) is 13.2 Å². The zero-order chi connectivity index (χ0) is 14.2. The summed E-state index contributed by atoms with van der Waals surface area (Å²) < 4.78 is 44.5. The highest BCUT2D eigenvalue weighted by molar-refractivity contribution is 5.03. The van der Waals surface area contributed by atoms with Gasteiger partial charge in [0.05, 0.1) is 18.8 Å². The van der Waals surface area contributed by atoms with Gasteiger partial charge in [0.1, 0.15) is 0 Å². The van der Waals surface area contributed by atoms with Gasteiger partial charge in [0, 0.05) is 18.8 Å². The molecule has 1 saturated heterocycles. The zero-order valence-corrected chi connectivity index (χ0v) is 11.1. The Morgan fingerprint density at radius 3 is 2.65 bits per heavy atom. The van der Waals surface area contributed by atoms with E-state index in [-0.39, 0.29) is 12.2 Å². The van der Waals surface area contributed by atoms with E-state index in [0.29, 0.717) is 12.6 Å². The second-order valence-electron chi connectivity index (χ2n) is 5.56. The van der Waals surface area contributed by atoms with Crippen LogP contribution in [0.5, 0.6) is 0 Å². The Hall–Kier alpha value is -1.08. The molecule has 3 rings (SSSR count). The number of nitrogens with one attached hydrogen (secondary N) is 1. The molecule has 1 aromatic heterocycles. The molecule has 1 aliphatic heterocycles. The molecule has 2 heterocycles. The molecule has 2 unspecified atom stereocenters. The van der Waals surface area contributed by atoms with E-state index in [1.54, 1.807) is 0 Å². The lowest BCUT2D eigenvalue weighted by molar-refractivity contribution is -0.141. The number of hydrogen-bond donors (Lipinski definition) is 1. The number of hydrogen-bond acceptors (Lipinski definition) is 3. The van der Waals surface area contributed by atoms with Crippen molar-refractivity contribution in [1.29, 1.82) is 0 Å². The summed E-state index contributed by atoms with van der Waals surface area (Å²) in [7, 11) is 0. The average molecular weight is 289 g/mol. The van der Waals surface area contributed by atoms with Crippen molar-refractivity contribution in [3.8, 4) is 0 Å². The molecule has 0 aromatic carbocycles. The van der Waals surface area contributed by atoms with Gasteiger partial charge in [0.15, 0.2) is 5.69 Å². The molecule has 1 saturated carbocycles. The predicted molar refractivity (Wildman–Crippen MR) is 66.1 cm³/mol. The lowest BCUT2D eigenvalue weighted by atomic mass is 10.2. The molecule has 2 fully saturated rings. The van der Waals surface area contributed by atoms with Gasteiger partial charge in [0.25, 0.3) is 0 Å². The molecule has 0 bridgehead atoms. The van der Waals surface area contributed by atoms with Crippen molar-refractivity contribution in [2.24, 2.45) is 0 Å². The summed E-state index contributed by atoms with van der Waals surface area (Å²) in [6.45, 7) is 1.23. The Labute approximate surface area is 115 Å². The molecule has 1 aliphatic carbocycles. The molecule has 7 heteroatoms. The number of rotatable bonds is 5. The molecule has 0 amide bonds. The van der Waals surface area contributed by atoms with Crippen molar-refractivity contribution in [3.05, 3.63) is 18.0 Å². The van der Waals surface area contributed by atoms with Gasteiger partial charge >= 0.3 is 6.18 Å². The van der Waals surface area contributed by atoms with Crippen LogP contribution >= 0.6 is 0 Å². The van der Waals surface area contributed by atoms with Gasteiger partial charge in [-0.15, -0.1) is 0 Å². The molecule has 1 N–H and O–H groups in total. The van der Waals surface area contributed by atoms with Crippen LogP contribution in [-0.4, -0.2) is 34.6 Å². The number of ether oxygens (including phenoxy) is 1. The third-order valence-corrected chi connectivity index (χ3v) is 3.73. The topological polar surface area (TPSA) is 39.1 Å². The second kappa shape index (κ2) is 5.37. The van der Waals surface area contributed by atoms with Crippen molar-refractivity contribution >= 4 is 0 Å². The number of aromatic nitrogens is 2. The highest BCUT2D eigenvalue weighted by atomic mass is 19.4. The minimum Gasteiger partial charge on any atom is -0.372 e. The van der Waals surface area contributed by atoms with E-state index in [1.807, 2.05) is 0 Å². The van der Waals surface area contributed by atoms with Gasteiger partial charge in [-0.2, -0.15) is 18.3 Å². The normalized spacial score (nSPS) is 27.1. The fourth-order valence-electron chi connectivity index (χ4n) is 2.47.